The molecule has 122 valence electrons. The SMILES string of the molecule is O=C([O-])c1ccc(Nc2nc(C(F)(F)F)nc3ccccc23)cc1. The molecule has 3 rings (SSSR count). The number of carbonyl (C=O) groups is 1. The number of anilines is 2. The normalized spacial score (nSPS) is 11.5. The van der Waals surface area contributed by atoms with Crippen LogP contribution in [0, 0.1) is 0 Å². The Hall–Kier alpha value is -3.16. The van der Waals surface area contributed by atoms with Gasteiger partial charge in [-0.2, -0.15) is 13.2 Å². The minimum absolute atomic E-state index is 0.0193. The zero-order valence-corrected chi connectivity index (χ0v) is 12.0. The van der Waals surface area contributed by atoms with Crippen LogP contribution >= 0.6 is 0 Å². The van der Waals surface area contributed by atoms with Crippen molar-refractivity contribution in [3.8, 4) is 0 Å². The predicted molar refractivity (Wildman–Crippen MR) is 78.6 cm³/mol. The van der Waals surface area contributed by atoms with Crippen molar-refractivity contribution in [1.29, 1.82) is 0 Å². The van der Waals surface area contributed by atoms with E-state index < -0.39 is 18.0 Å². The standard InChI is InChI=1S/C16H10F3N3O2/c17-16(18,19)15-21-12-4-2-1-3-11(12)13(22-15)20-10-7-5-9(6-8-10)14(23)24/h1-8H,(H,23,24)(H,20,21,22)/p-1. The van der Waals surface area contributed by atoms with Gasteiger partial charge in [0.25, 0.3) is 0 Å². The maximum atomic E-state index is 13.0. The third-order valence-corrected chi connectivity index (χ3v) is 3.24. The second kappa shape index (κ2) is 5.80. The molecule has 0 aliphatic heterocycles. The molecule has 24 heavy (non-hydrogen) atoms. The Morgan fingerprint density at radius 1 is 1.00 bits per heavy atom. The second-order valence-electron chi connectivity index (χ2n) is 4.90. The highest BCUT2D eigenvalue weighted by molar-refractivity contribution is 5.91. The number of carboxylic acids is 1. The Morgan fingerprint density at radius 2 is 1.67 bits per heavy atom. The number of aromatic nitrogens is 2. The van der Waals surface area contributed by atoms with Gasteiger partial charge < -0.3 is 15.2 Å². The number of aromatic carboxylic acids is 1. The third-order valence-electron chi connectivity index (χ3n) is 3.24. The largest absolute Gasteiger partial charge is 0.545 e. The fourth-order valence-electron chi connectivity index (χ4n) is 2.13. The number of rotatable bonds is 3. The number of carbonyl (C=O) groups excluding carboxylic acids is 1. The molecule has 8 heteroatoms. The van der Waals surface area contributed by atoms with Crippen LogP contribution in [0.15, 0.2) is 48.5 Å². The monoisotopic (exact) mass is 332 g/mol. The highest BCUT2D eigenvalue weighted by Gasteiger charge is 2.35. The molecule has 0 aliphatic rings. The van der Waals surface area contributed by atoms with Crippen molar-refractivity contribution in [2.45, 2.75) is 6.18 Å². The van der Waals surface area contributed by atoms with Gasteiger partial charge >= 0.3 is 6.18 Å². The quantitative estimate of drug-likeness (QED) is 0.798. The molecule has 0 saturated heterocycles. The molecule has 0 fully saturated rings. The summed E-state index contributed by atoms with van der Waals surface area (Å²) in [5, 5.41) is 13.9. The first-order valence-corrected chi connectivity index (χ1v) is 6.77. The summed E-state index contributed by atoms with van der Waals surface area (Å²) >= 11 is 0. The van der Waals surface area contributed by atoms with Crippen LogP contribution in [0.1, 0.15) is 16.2 Å². The number of fused-ring (bicyclic) bond motifs is 1. The Bertz CT molecular complexity index is 909. The lowest BCUT2D eigenvalue weighted by molar-refractivity contribution is -0.255. The molecule has 0 aliphatic carbocycles. The molecule has 0 spiro atoms. The van der Waals surface area contributed by atoms with E-state index in [1.165, 1.54) is 30.3 Å². The Balaban J connectivity index is 2.05. The Morgan fingerprint density at radius 3 is 2.29 bits per heavy atom. The smallest absolute Gasteiger partial charge is 0.451 e. The Kier molecular flexibility index (Phi) is 3.80. The van der Waals surface area contributed by atoms with Crippen molar-refractivity contribution in [3.63, 3.8) is 0 Å². The van der Waals surface area contributed by atoms with Crippen LogP contribution in [0.4, 0.5) is 24.7 Å². The van der Waals surface area contributed by atoms with Crippen molar-refractivity contribution >= 4 is 28.4 Å². The summed E-state index contributed by atoms with van der Waals surface area (Å²) in [6.07, 6.45) is -4.68. The van der Waals surface area contributed by atoms with Crippen molar-refractivity contribution < 1.29 is 23.1 Å². The minimum atomic E-state index is -4.68. The zero-order valence-electron chi connectivity index (χ0n) is 12.0. The molecule has 1 heterocycles. The topological polar surface area (TPSA) is 77.9 Å². The number of carboxylic acid groups (broad SMARTS) is 1. The van der Waals surface area contributed by atoms with Crippen LogP contribution in [-0.4, -0.2) is 15.9 Å². The van der Waals surface area contributed by atoms with E-state index in [4.69, 9.17) is 0 Å². The number of para-hydroxylation sites is 1. The highest BCUT2D eigenvalue weighted by Crippen LogP contribution is 2.31. The van der Waals surface area contributed by atoms with E-state index in [-0.39, 0.29) is 16.9 Å². The zero-order chi connectivity index (χ0) is 17.3. The number of benzene rings is 2. The second-order valence-corrected chi connectivity index (χ2v) is 4.90. The van der Waals surface area contributed by atoms with Crippen LogP contribution in [0.5, 0.6) is 0 Å². The molecular formula is C16H9F3N3O2-. The summed E-state index contributed by atoms with van der Waals surface area (Å²) in [7, 11) is 0. The van der Waals surface area contributed by atoms with Crippen molar-refractivity contribution in [3.05, 3.63) is 59.9 Å². The van der Waals surface area contributed by atoms with Crippen LogP contribution in [0.25, 0.3) is 10.9 Å². The molecule has 3 aromatic rings. The number of hydrogen-bond acceptors (Lipinski definition) is 5. The van der Waals surface area contributed by atoms with Crippen molar-refractivity contribution in [2.24, 2.45) is 0 Å². The molecule has 1 N–H and O–H groups in total. The lowest BCUT2D eigenvalue weighted by Gasteiger charge is -2.12. The molecule has 0 unspecified atom stereocenters. The van der Waals surface area contributed by atoms with Gasteiger partial charge in [0.15, 0.2) is 0 Å². The Labute approximate surface area is 133 Å². The fourth-order valence-corrected chi connectivity index (χ4v) is 2.13. The molecular weight excluding hydrogens is 323 g/mol. The molecule has 0 saturated carbocycles. The number of halogens is 3. The van der Waals surface area contributed by atoms with E-state index in [0.717, 1.165) is 0 Å². The summed E-state index contributed by atoms with van der Waals surface area (Å²) in [5.41, 5.74) is 0.495. The lowest BCUT2D eigenvalue weighted by Crippen LogP contribution is -2.21. The number of nitrogens with one attached hydrogen (secondary N) is 1. The van der Waals surface area contributed by atoms with Gasteiger partial charge in [-0.05, 0) is 29.8 Å². The summed E-state index contributed by atoms with van der Waals surface area (Å²) in [6, 6.07) is 11.7. The van der Waals surface area contributed by atoms with E-state index in [0.29, 0.717) is 11.1 Å². The lowest BCUT2D eigenvalue weighted by atomic mass is 10.2. The van der Waals surface area contributed by atoms with E-state index in [1.807, 2.05) is 0 Å². The van der Waals surface area contributed by atoms with Crippen molar-refractivity contribution in [1.82, 2.24) is 9.97 Å². The van der Waals surface area contributed by atoms with Crippen LogP contribution in [0.3, 0.4) is 0 Å². The summed E-state index contributed by atoms with van der Waals surface area (Å²) in [6.45, 7) is 0. The van der Waals surface area contributed by atoms with Gasteiger partial charge in [-0.25, -0.2) is 9.97 Å². The minimum Gasteiger partial charge on any atom is -0.545 e. The van der Waals surface area contributed by atoms with Crippen LogP contribution in [0.2, 0.25) is 0 Å². The van der Waals surface area contributed by atoms with Gasteiger partial charge in [0.2, 0.25) is 5.82 Å². The number of alkyl halides is 3. The first-order chi connectivity index (χ1) is 11.3. The van der Waals surface area contributed by atoms with Gasteiger partial charge in [-0.3, -0.25) is 0 Å². The summed E-state index contributed by atoms with van der Waals surface area (Å²) in [4.78, 5) is 17.8. The summed E-state index contributed by atoms with van der Waals surface area (Å²) in [5.74, 6) is -2.61. The van der Waals surface area contributed by atoms with Gasteiger partial charge in [0.1, 0.15) is 5.82 Å². The van der Waals surface area contributed by atoms with E-state index in [9.17, 15) is 23.1 Å². The van der Waals surface area contributed by atoms with E-state index in [1.54, 1.807) is 18.2 Å². The number of hydrogen-bond donors (Lipinski definition) is 1. The molecule has 5 nitrogen and oxygen atoms in total. The molecule has 0 bridgehead atoms. The third kappa shape index (κ3) is 3.12. The van der Waals surface area contributed by atoms with Crippen LogP contribution in [-0.2, 0) is 6.18 Å². The number of nitrogens with zero attached hydrogens (tertiary/aromatic N) is 2. The van der Waals surface area contributed by atoms with Gasteiger partial charge in [-0.1, -0.05) is 24.3 Å². The molecule has 0 amide bonds. The van der Waals surface area contributed by atoms with Crippen LogP contribution < -0.4 is 10.4 Å². The van der Waals surface area contributed by atoms with Gasteiger partial charge in [-0.15, -0.1) is 0 Å². The predicted octanol–water partition coefficient (Wildman–Crippen LogP) is 2.76. The molecule has 0 atom stereocenters. The summed E-state index contributed by atoms with van der Waals surface area (Å²) < 4.78 is 38.9. The maximum Gasteiger partial charge on any atom is 0.451 e. The average molecular weight is 332 g/mol. The fraction of sp³-hybridized carbons (Fsp3) is 0.0625. The van der Waals surface area contributed by atoms with Crippen molar-refractivity contribution in [2.75, 3.05) is 5.32 Å². The van der Waals surface area contributed by atoms with E-state index in [2.05, 4.69) is 15.3 Å². The van der Waals surface area contributed by atoms with E-state index >= 15 is 0 Å². The van der Waals surface area contributed by atoms with Gasteiger partial charge in [0.05, 0.1) is 11.5 Å². The average Bonchev–Trinajstić information content (AvgIpc) is 2.54. The molecule has 0 radical (unpaired) electrons. The highest BCUT2D eigenvalue weighted by atomic mass is 19.4. The first kappa shape index (κ1) is 15.7. The molecule has 1 aromatic heterocycles. The molecule has 2 aromatic carbocycles. The first-order valence-electron chi connectivity index (χ1n) is 6.77. The maximum absolute atomic E-state index is 13.0. The van der Waals surface area contributed by atoms with Gasteiger partial charge in [0, 0.05) is 11.1 Å².